The summed E-state index contributed by atoms with van der Waals surface area (Å²) in [5.74, 6) is -0.544. The minimum atomic E-state index is -0.294. The number of carbonyl (C=O) groups excluding carboxylic acids is 2. The highest BCUT2D eigenvalue weighted by molar-refractivity contribution is 6.33. The molecule has 104 valence electrons. The van der Waals surface area contributed by atoms with Gasteiger partial charge in [-0.2, -0.15) is 0 Å². The van der Waals surface area contributed by atoms with Crippen LogP contribution in [0.3, 0.4) is 0 Å². The number of amides is 2. The van der Waals surface area contributed by atoms with Crippen molar-refractivity contribution in [2.24, 2.45) is 0 Å². The predicted molar refractivity (Wildman–Crippen MR) is 77.5 cm³/mol. The van der Waals surface area contributed by atoms with E-state index in [0.29, 0.717) is 16.4 Å². The van der Waals surface area contributed by atoms with E-state index in [1.54, 1.807) is 24.3 Å². The third-order valence-corrected chi connectivity index (χ3v) is 3.90. The van der Waals surface area contributed by atoms with Crippen LogP contribution in [0.25, 0.3) is 0 Å². The van der Waals surface area contributed by atoms with E-state index in [1.165, 1.54) is 17.4 Å². The van der Waals surface area contributed by atoms with Crippen LogP contribution in [0.5, 0.6) is 0 Å². The molecule has 2 aliphatic heterocycles. The molecule has 3 rings (SSSR count). The van der Waals surface area contributed by atoms with Crippen molar-refractivity contribution >= 4 is 29.1 Å². The van der Waals surface area contributed by atoms with Crippen LogP contribution in [0.2, 0.25) is 5.02 Å². The molecule has 1 aromatic rings. The van der Waals surface area contributed by atoms with E-state index in [9.17, 15) is 9.59 Å². The molecular weight excluding hydrogens is 276 g/mol. The van der Waals surface area contributed by atoms with Crippen molar-refractivity contribution in [3.8, 4) is 0 Å². The lowest BCUT2D eigenvalue weighted by Gasteiger charge is -2.29. The fraction of sp³-hybridized carbons (Fsp3) is 0.333. The Kier molecular flexibility index (Phi) is 3.49. The van der Waals surface area contributed by atoms with Crippen molar-refractivity contribution in [1.82, 2.24) is 4.90 Å². The second-order valence-corrected chi connectivity index (χ2v) is 5.47. The third kappa shape index (κ3) is 2.31. The van der Waals surface area contributed by atoms with Gasteiger partial charge in [0.2, 0.25) is 0 Å². The van der Waals surface area contributed by atoms with E-state index in [1.807, 2.05) is 4.90 Å². The van der Waals surface area contributed by atoms with Crippen LogP contribution in [0.4, 0.5) is 5.69 Å². The number of nitrogens with zero attached hydrogens (tertiary/aromatic N) is 2. The Morgan fingerprint density at radius 2 is 1.80 bits per heavy atom. The normalized spacial score (nSPS) is 19.6. The summed E-state index contributed by atoms with van der Waals surface area (Å²) in [6.45, 7) is 1.68. The molecule has 2 aliphatic rings. The topological polar surface area (TPSA) is 40.6 Å². The smallest absolute Gasteiger partial charge is 0.281 e. The number of halogens is 1. The van der Waals surface area contributed by atoms with Crippen LogP contribution in [0.15, 0.2) is 36.0 Å². The molecule has 4 nitrogen and oxygen atoms in total. The first-order chi connectivity index (χ1) is 9.66. The van der Waals surface area contributed by atoms with Gasteiger partial charge < -0.3 is 4.90 Å². The second-order valence-electron chi connectivity index (χ2n) is 5.04. The van der Waals surface area contributed by atoms with Gasteiger partial charge in [-0.1, -0.05) is 17.7 Å². The number of anilines is 1. The molecule has 0 unspecified atom stereocenters. The highest BCUT2D eigenvalue weighted by atomic mass is 35.5. The minimum absolute atomic E-state index is 0.251. The van der Waals surface area contributed by atoms with Crippen LogP contribution in [-0.4, -0.2) is 29.8 Å². The SMILES string of the molecule is O=C1C=C(N2CCCCC2)C(=O)N1c1cccc(Cl)c1. The second kappa shape index (κ2) is 5.29. The number of carbonyl (C=O) groups is 2. The third-order valence-electron chi connectivity index (χ3n) is 3.67. The Hall–Kier alpha value is -1.81. The monoisotopic (exact) mass is 290 g/mol. The lowest BCUT2D eigenvalue weighted by molar-refractivity contribution is -0.121. The lowest BCUT2D eigenvalue weighted by atomic mass is 10.1. The van der Waals surface area contributed by atoms with Crippen LogP contribution in [0.1, 0.15) is 19.3 Å². The molecule has 1 fully saturated rings. The van der Waals surface area contributed by atoms with Crippen molar-refractivity contribution in [3.05, 3.63) is 41.1 Å². The summed E-state index contributed by atoms with van der Waals surface area (Å²) < 4.78 is 0. The van der Waals surface area contributed by atoms with Crippen molar-refractivity contribution in [3.63, 3.8) is 0 Å². The molecule has 0 saturated carbocycles. The summed E-state index contributed by atoms with van der Waals surface area (Å²) in [6.07, 6.45) is 4.75. The predicted octanol–water partition coefficient (Wildman–Crippen LogP) is 2.58. The standard InChI is InChI=1S/C15H15ClN2O2/c16-11-5-4-6-12(9-11)18-14(19)10-13(15(18)20)17-7-2-1-3-8-17/h4-6,9-10H,1-3,7-8H2. The molecule has 0 aliphatic carbocycles. The molecule has 1 saturated heterocycles. The van der Waals surface area contributed by atoms with Crippen LogP contribution < -0.4 is 4.90 Å². The Bertz CT molecular complexity index is 591. The number of hydrogen-bond acceptors (Lipinski definition) is 3. The van der Waals surface area contributed by atoms with Gasteiger partial charge in [-0.3, -0.25) is 9.59 Å². The van der Waals surface area contributed by atoms with Gasteiger partial charge in [-0.25, -0.2) is 4.90 Å². The van der Waals surface area contributed by atoms with Crippen molar-refractivity contribution in [2.45, 2.75) is 19.3 Å². The Balaban J connectivity index is 1.86. The summed E-state index contributed by atoms with van der Waals surface area (Å²) in [4.78, 5) is 27.8. The van der Waals surface area contributed by atoms with Crippen LogP contribution in [0, 0.1) is 0 Å². The fourth-order valence-corrected chi connectivity index (χ4v) is 2.86. The first-order valence-electron chi connectivity index (χ1n) is 6.77. The van der Waals surface area contributed by atoms with Gasteiger partial charge in [0.15, 0.2) is 0 Å². The molecule has 0 bridgehead atoms. The number of hydrogen-bond donors (Lipinski definition) is 0. The maximum Gasteiger partial charge on any atom is 0.281 e. The van der Waals surface area contributed by atoms with E-state index in [-0.39, 0.29) is 11.8 Å². The molecule has 0 aromatic heterocycles. The zero-order valence-corrected chi connectivity index (χ0v) is 11.8. The number of imide groups is 1. The van der Waals surface area contributed by atoms with Crippen molar-refractivity contribution in [1.29, 1.82) is 0 Å². The molecule has 20 heavy (non-hydrogen) atoms. The summed E-state index contributed by atoms with van der Waals surface area (Å²) in [6, 6.07) is 6.80. The molecule has 0 spiro atoms. The zero-order valence-electron chi connectivity index (χ0n) is 11.0. The van der Waals surface area contributed by atoms with Gasteiger partial charge in [-0.05, 0) is 37.5 Å². The molecule has 5 heteroatoms. The van der Waals surface area contributed by atoms with Crippen molar-refractivity contribution < 1.29 is 9.59 Å². The number of piperidine rings is 1. The largest absolute Gasteiger partial charge is 0.367 e. The van der Waals surface area contributed by atoms with E-state index < -0.39 is 0 Å². The van der Waals surface area contributed by atoms with Gasteiger partial charge in [0.05, 0.1) is 5.69 Å². The van der Waals surface area contributed by atoms with Gasteiger partial charge in [0.25, 0.3) is 11.8 Å². The number of likely N-dealkylation sites (tertiary alicyclic amines) is 1. The molecule has 0 N–H and O–H groups in total. The quantitative estimate of drug-likeness (QED) is 0.786. The molecule has 0 radical (unpaired) electrons. The molecule has 2 amide bonds. The summed E-state index contributed by atoms with van der Waals surface area (Å²) >= 11 is 5.93. The average Bonchev–Trinajstić information content (AvgIpc) is 2.75. The Labute approximate surface area is 122 Å². The van der Waals surface area contributed by atoms with Crippen LogP contribution >= 0.6 is 11.6 Å². The average molecular weight is 291 g/mol. The van der Waals surface area contributed by atoms with E-state index in [0.717, 1.165) is 25.9 Å². The fourth-order valence-electron chi connectivity index (χ4n) is 2.68. The maximum absolute atomic E-state index is 12.5. The minimum Gasteiger partial charge on any atom is -0.367 e. The highest BCUT2D eigenvalue weighted by Crippen LogP contribution is 2.27. The van der Waals surface area contributed by atoms with Crippen molar-refractivity contribution in [2.75, 3.05) is 18.0 Å². The molecule has 0 atom stereocenters. The summed E-state index contributed by atoms with van der Waals surface area (Å²) in [7, 11) is 0. The van der Waals surface area contributed by atoms with Gasteiger partial charge >= 0.3 is 0 Å². The number of rotatable bonds is 2. The van der Waals surface area contributed by atoms with Gasteiger partial charge in [0.1, 0.15) is 5.70 Å². The Morgan fingerprint density at radius 1 is 1.05 bits per heavy atom. The maximum atomic E-state index is 12.5. The zero-order chi connectivity index (χ0) is 14.1. The summed E-state index contributed by atoms with van der Waals surface area (Å²) in [5.41, 5.74) is 1.03. The van der Waals surface area contributed by atoms with E-state index in [4.69, 9.17) is 11.6 Å². The molecular formula is C15H15ClN2O2. The number of benzene rings is 1. The van der Waals surface area contributed by atoms with E-state index in [2.05, 4.69) is 0 Å². The molecule has 2 heterocycles. The first kappa shape index (κ1) is 13.2. The Morgan fingerprint density at radius 3 is 2.50 bits per heavy atom. The van der Waals surface area contributed by atoms with Gasteiger partial charge in [0, 0.05) is 24.2 Å². The lowest BCUT2D eigenvalue weighted by Crippen LogP contribution is -2.37. The molecule has 1 aromatic carbocycles. The first-order valence-corrected chi connectivity index (χ1v) is 7.15. The van der Waals surface area contributed by atoms with Gasteiger partial charge in [-0.15, -0.1) is 0 Å². The van der Waals surface area contributed by atoms with Crippen LogP contribution in [-0.2, 0) is 9.59 Å². The summed E-state index contributed by atoms with van der Waals surface area (Å²) in [5, 5.41) is 0.509. The van der Waals surface area contributed by atoms with E-state index >= 15 is 0 Å². The highest BCUT2D eigenvalue weighted by Gasteiger charge is 2.35.